The first-order valence-electron chi connectivity index (χ1n) is 10.7. The fraction of sp³-hybridized carbons (Fsp3) is 0.0800. The van der Waals surface area contributed by atoms with E-state index >= 15 is 0 Å². The molecule has 0 fully saturated rings. The van der Waals surface area contributed by atoms with E-state index in [1.165, 1.54) is 29.2 Å². The van der Waals surface area contributed by atoms with Crippen LogP contribution in [0.2, 0.25) is 0 Å². The van der Waals surface area contributed by atoms with Crippen LogP contribution < -0.4 is 17.0 Å². The van der Waals surface area contributed by atoms with Crippen LogP contribution in [0.4, 0.5) is 10.2 Å². The molecular weight excluding hydrogens is 447 g/mol. The summed E-state index contributed by atoms with van der Waals surface area (Å²) in [4.78, 5) is 22.1. The first-order chi connectivity index (χ1) is 16.9. The van der Waals surface area contributed by atoms with Crippen molar-refractivity contribution < 1.29 is 4.39 Å². The minimum Gasteiger partial charge on any atom is -0.404 e. The Morgan fingerprint density at radius 2 is 1.94 bits per heavy atom. The molecule has 0 unspecified atom stereocenters. The summed E-state index contributed by atoms with van der Waals surface area (Å²) in [5, 5.41) is 14.1. The average Bonchev–Trinajstić information content (AvgIpc) is 3.19. The predicted octanol–water partition coefficient (Wildman–Crippen LogP) is 3.16. The fourth-order valence-corrected chi connectivity index (χ4v) is 4.30. The molecule has 9 nitrogen and oxygen atoms in total. The normalized spacial score (nSPS) is 11.9. The van der Waals surface area contributed by atoms with E-state index in [2.05, 4.69) is 15.1 Å². The molecule has 0 spiro atoms. The molecule has 0 atom stereocenters. The molecule has 0 bridgehead atoms. The van der Waals surface area contributed by atoms with E-state index in [1.54, 1.807) is 16.8 Å². The summed E-state index contributed by atoms with van der Waals surface area (Å²) in [6.45, 7) is 1.97. The van der Waals surface area contributed by atoms with Crippen molar-refractivity contribution in [1.82, 2.24) is 24.3 Å². The number of anilines is 1. The molecule has 0 saturated carbocycles. The van der Waals surface area contributed by atoms with E-state index in [0.29, 0.717) is 39.1 Å². The topological polar surface area (TPSA) is 141 Å². The van der Waals surface area contributed by atoms with Crippen molar-refractivity contribution in [3.63, 3.8) is 0 Å². The summed E-state index contributed by atoms with van der Waals surface area (Å²) in [7, 11) is 0. The Labute approximate surface area is 198 Å². The fourth-order valence-electron chi connectivity index (χ4n) is 4.30. The molecule has 5 aromatic rings. The summed E-state index contributed by atoms with van der Waals surface area (Å²) < 4.78 is 17.2. The second-order valence-corrected chi connectivity index (χ2v) is 8.03. The summed E-state index contributed by atoms with van der Waals surface area (Å²) in [6, 6.07) is 13.4. The van der Waals surface area contributed by atoms with Gasteiger partial charge in [-0.2, -0.15) is 5.10 Å². The molecule has 5 rings (SSSR count). The quantitative estimate of drug-likeness (QED) is 0.338. The van der Waals surface area contributed by atoms with Crippen LogP contribution in [0.3, 0.4) is 0 Å². The third-order valence-corrected chi connectivity index (χ3v) is 5.88. The van der Waals surface area contributed by atoms with Gasteiger partial charge in [-0.25, -0.2) is 19.0 Å². The predicted molar refractivity (Wildman–Crippen MR) is 134 cm³/mol. The van der Waals surface area contributed by atoms with Crippen LogP contribution in [0, 0.1) is 18.2 Å². The van der Waals surface area contributed by atoms with Gasteiger partial charge in [0.25, 0.3) is 5.56 Å². The number of aryl methyl sites for hydroxylation is 1. The third kappa shape index (κ3) is 3.61. The second-order valence-electron chi connectivity index (χ2n) is 8.03. The van der Waals surface area contributed by atoms with E-state index < -0.39 is 5.82 Å². The number of pyridine rings is 1. The SMILES string of the molecule is Cc1cccc2cc(Cn3nc(/C(C=N)=C/N)c4c(N)ncnc43)n(-c3cccc(F)c3)c(=O)c12. The summed E-state index contributed by atoms with van der Waals surface area (Å²) in [5.74, 6) is -0.268. The number of hydrogen-bond donors (Lipinski definition) is 3. The Morgan fingerprint density at radius 3 is 2.69 bits per heavy atom. The van der Waals surface area contributed by atoms with Gasteiger partial charge in [0, 0.05) is 23.7 Å². The van der Waals surface area contributed by atoms with Crippen LogP contribution in [0.15, 0.2) is 65.9 Å². The lowest BCUT2D eigenvalue weighted by molar-refractivity contribution is 0.624. The molecule has 0 aliphatic carbocycles. The number of aromatic nitrogens is 5. The maximum atomic E-state index is 14.2. The van der Waals surface area contributed by atoms with Crippen molar-refractivity contribution in [3.8, 4) is 5.69 Å². The monoisotopic (exact) mass is 468 g/mol. The van der Waals surface area contributed by atoms with Gasteiger partial charge >= 0.3 is 0 Å². The molecule has 0 saturated heterocycles. The zero-order valence-corrected chi connectivity index (χ0v) is 18.7. The van der Waals surface area contributed by atoms with Gasteiger partial charge in [0.15, 0.2) is 5.65 Å². The van der Waals surface area contributed by atoms with Crippen molar-refractivity contribution in [2.24, 2.45) is 5.73 Å². The molecule has 0 amide bonds. The first kappa shape index (κ1) is 22.0. The minimum atomic E-state index is -0.457. The van der Waals surface area contributed by atoms with E-state index in [4.69, 9.17) is 16.9 Å². The van der Waals surface area contributed by atoms with E-state index in [-0.39, 0.29) is 17.9 Å². The maximum absolute atomic E-state index is 14.2. The highest BCUT2D eigenvalue weighted by molar-refractivity contribution is 6.13. The molecule has 3 aromatic heterocycles. The van der Waals surface area contributed by atoms with Gasteiger partial charge in [-0.15, -0.1) is 0 Å². The van der Waals surface area contributed by atoms with Crippen molar-refractivity contribution in [2.75, 3.05) is 5.73 Å². The lowest BCUT2D eigenvalue weighted by Gasteiger charge is -2.16. The van der Waals surface area contributed by atoms with E-state index in [1.807, 2.05) is 31.2 Å². The maximum Gasteiger partial charge on any atom is 0.263 e. The van der Waals surface area contributed by atoms with Crippen molar-refractivity contribution in [3.05, 3.63) is 94.2 Å². The van der Waals surface area contributed by atoms with Crippen LogP contribution in [0.5, 0.6) is 0 Å². The molecule has 3 heterocycles. The van der Waals surface area contributed by atoms with Crippen LogP contribution in [0.1, 0.15) is 17.0 Å². The Kier molecular flexibility index (Phi) is 5.33. The Balaban J connectivity index is 1.81. The summed E-state index contributed by atoms with van der Waals surface area (Å²) >= 11 is 0. The number of allylic oxidation sites excluding steroid dienone is 1. The Bertz CT molecular complexity index is 1720. The molecule has 0 aliphatic rings. The number of nitrogens with one attached hydrogen (secondary N) is 1. The van der Waals surface area contributed by atoms with Gasteiger partial charge in [-0.05, 0) is 42.1 Å². The average molecular weight is 468 g/mol. The van der Waals surface area contributed by atoms with Crippen LogP contribution in [-0.4, -0.2) is 30.5 Å². The van der Waals surface area contributed by atoms with E-state index in [9.17, 15) is 9.18 Å². The third-order valence-electron chi connectivity index (χ3n) is 5.88. The molecule has 10 heteroatoms. The zero-order valence-electron chi connectivity index (χ0n) is 18.7. The molecule has 0 radical (unpaired) electrons. The standard InChI is InChI=1S/C25H21FN8O/c1-14-4-2-5-15-8-19(34(25(35)20(14)15)18-7-3-6-17(26)9-18)12-33-24-21(23(29)30-13-31-24)22(32-33)16(10-27)11-28/h2-11,13,27H,12,28H2,1H3,(H2,29,30,31)/b16-11+,27-10?. The minimum absolute atomic E-state index is 0.110. The van der Waals surface area contributed by atoms with Gasteiger partial charge in [0.1, 0.15) is 23.7 Å². The second kappa shape index (κ2) is 8.49. The van der Waals surface area contributed by atoms with Crippen LogP contribution in [0.25, 0.3) is 33.1 Å². The number of nitrogens with two attached hydrogens (primary N) is 2. The van der Waals surface area contributed by atoms with Crippen molar-refractivity contribution in [1.29, 1.82) is 5.41 Å². The highest BCUT2D eigenvalue weighted by Gasteiger charge is 2.20. The largest absolute Gasteiger partial charge is 0.404 e. The number of hydrogen-bond acceptors (Lipinski definition) is 7. The molecule has 35 heavy (non-hydrogen) atoms. The van der Waals surface area contributed by atoms with Crippen molar-refractivity contribution in [2.45, 2.75) is 13.5 Å². The number of rotatable bonds is 5. The smallest absolute Gasteiger partial charge is 0.263 e. The van der Waals surface area contributed by atoms with E-state index in [0.717, 1.165) is 17.2 Å². The van der Waals surface area contributed by atoms with Crippen molar-refractivity contribution >= 4 is 39.4 Å². The van der Waals surface area contributed by atoms with Crippen LogP contribution in [-0.2, 0) is 6.54 Å². The summed E-state index contributed by atoms with van der Waals surface area (Å²) in [5.41, 5.74) is 14.4. The number of nitrogens with zero attached hydrogens (tertiary/aromatic N) is 5. The molecule has 2 aromatic carbocycles. The number of benzene rings is 2. The summed E-state index contributed by atoms with van der Waals surface area (Å²) in [6.07, 6.45) is 3.65. The number of nitrogen functional groups attached to an aromatic ring is 1. The molecular formula is C25H21FN8O. The molecule has 5 N–H and O–H groups in total. The van der Waals surface area contributed by atoms with Gasteiger partial charge < -0.3 is 16.9 Å². The van der Waals surface area contributed by atoms with Gasteiger partial charge in [-0.3, -0.25) is 9.36 Å². The lowest BCUT2D eigenvalue weighted by Crippen LogP contribution is -2.24. The zero-order chi connectivity index (χ0) is 24.7. The number of halogens is 1. The molecule has 0 aliphatic heterocycles. The lowest BCUT2D eigenvalue weighted by atomic mass is 10.1. The highest BCUT2D eigenvalue weighted by atomic mass is 19.1. The Hall–Kier alpha value is -4.86. The van der Waals surface area contributed by atoms with Gasteiger partial charge in [-0.1, -0.05) is 24.3 Å². The van der Waals surface area contributed by atoms with Gasteiger partial charge in [0.2, 0.25) is 0 Å². The van der Waals surface area contributed by atoms with Gasteiger partial charge in [0.05, 0.1) is 23.0 Å². The number of fused-ring (bicyclic) bond motifs is 2. The molecule has 174 valence electrons. The van der Waals surface area contributed by atoms with Crippen LogP contribution >= 0.6 is 0 Å². The highest BCUT2D eigenvalue weighted by Crippen LogP contribution is 2.27. The first-order valence-corrected chi connectivity index (χ1v) is 10.7. The Morgan fingerprint density at radius 1 is 1.14 bits per heavy atom.